The summed E-state index contributed by atoms with van der Waals surface area (Å²) in [5.74, 6) is 0.761. The highest BCUT2D eigenvalue weighted by Crippen LogP contribution is 2.33. The second kappa shape index (κ2) is 5.24. The molecule has 1 saturated heterocycles. The van der Waals surface area contributed by atoms with E-state index in [1.54, 1.807) is 6.07 Å². The van der Waals surface area contributed by atoms with Crippen molar-refractivity contribution in [2.24, 2.45) is 0 Å². The molecular formula is C16H19N3O2. The monoisotopic (exact) mass is 285 g/mol. The third kappa shape index (κ3) is 2.51. The highest BCUT2D eigenvalue weighted by atomic mass is 16.5. The van der Waals surface area contributed by atoms with Crippen LogP contribution < -0.4 is 5.73 Å². The van der Waals surface area contributed by atoms with Crippen LogP contribution in [0.1, 0.15) is 46.3 Å². The summed E-state index contributed by atoms with van der Waals surface area (Å²) in [5.41, 5.74) is 9.00. The molecule has 0 aliphatic carbocycles. The molecule has 0 radical (unpaired) electrons. The molecule has 21 heavy (non-hydrogen) atoms. The number of amides is 1. The number of anilines is 1. The van der Waals surface area contributed by atoms with Crippen LogP contribution in [-0.2, 0) is 0 Å². The van der Waals surface area contributed by atoms with Gasteiger partial charge in [-0.15, -0.1) is 0 Å². The molecule has 1 aromatic carbocycles. The normalized spacial score (nSPS) is 18.2. The fraction of sp³-hybridized carbons (Fsp3) is 0.375. The minimum Gasteiger partial charge on any atom is -0.398 e. The van der Waals surface area contributed by atoms with Crippen LogP contribution in [0.25, 0.3) is 0 Å². The summed E-state index contributed by atoms with van der Waals surface area (Å²) < 4.78 is 5.34. The number of aryl methyl sites for hydroxylation is 2. The number of nitrogen functional groups attached to an aromatic ring is 1. The van der Waals surface area contributed by atoms with Crippen molar-refractivity contribution in [2.45, 2.75) is 32.7 Å². The standard InChI is InChI=1S/C16H19N3O2/c1-10-5-6-12(9-13(10)17)16(20)19-7-3-4-14(19)15-8-11(2)18-21-15/h5-6,8-9,14H,3-4,7,17H2,1-2H3. The molecule has 1 aliphatic heterocycles. The quantitative estimate of drug-likeness (QED) is 0.861. The van der Waals surface area contributed by atoms with Crippen LogP contribution in [-0.4, -0.2) is 22.5 Å². The predicted octanol–water partition coefficient (Wildman–Crippen LogP) is 2.85. The maximum atomic E-state index is 12.7. The number of rotatable bonds is 2. The van der Waals surface area contributed by atoms with E-state index < -0.39 is 0 Å². The highest BCUT2D eigenvalue weighted by molar-refractivity contribution is 5.95. The minimum atomic E-state index is -0.0266. The van der Waals surface area contributed by atoms with E-state index >= 15 is 0 Å². The van der Waals surface area contributed by atoms with Crippen LogP contribution in [0.4, 0.5) is 5.69 Å². The minimum absolute atomic E-state index is 0.00162. The van der Waals surface area contributed by atoms with Gasteiger partial charge in [0.15, 0.2) is 5.76 Å². The zero-order chi connectivity index (χ0) is 15.0. The van der Waals surface area contributed by atoms with E-state index in [9.17, 15) is 4.79 Å². The molecule has 1 fully saturated rings. The number of hydrogen-bond acceptors (Lipinski definition) is 4. The SMILES string of the molecule is Cc1cc(C2CCCN2C(=O)c2ccc(C)c(N)c2)on1. The van der Waals surface area contributed by atoms with Crippen LogP contribution in [0, 0.1) is 13.8 Å². The van der Waals surface area contributed by atoms with Gasteiger partial charge in [0, 0.05) is 23.9 Å². The van der Waals surface area contributed by atoms with Gasteiger partial charge in [0.2, 0.25) is 0 Å². The molecule has 2 N–H and O–H groups in total. The van der Waals surface area contributed by atoms with Crippen molar-refractivity contribution in [3.63, 3.8) is 0 Å². The predicted molar refractivity (Wildman–Crippen MR) is 79.8 cm³/mol. The molecule has 0 bridgehead atoms. The molecule has 1 aliphatic rings. The first-order valence-corrected chi connectivity index (χ1v) is 7.16. The average molecular weight is 285 g/mol. The topological polar surface area (TPSA) is 72.4 Å². The van der Waals surface area contributed by atoms with Gasteiger partial charge in [0.05, 0.1) is 11.7 Å². The van der Waals surface area contributed by atoms with E-state index in [4.69, 9.17) is 10.3 Å². The lowest BCUT2D eigenvalue weighted by molar-refractivity contribution is 0.0714. The van der Waals surface area contributed by atoms with E-state index in [1.165, 1.54) is 0 Å². The largest absolute Gasteiger partial charge is 0.398 e. The number of aromatic nitrogens is 1. The van der Waals surface area contributed by atoms with Crippen molar-refractivity contribution in [1.82, 2.24) is 10.1 Å². The number of hydrogen-bond donors (Lipinski definition) is 1. The number of carbonyl (C=O) groups excluding carboxylic acids is 1. The molecule has 110 valence electrons. The smallest absolute Gasteiger partial charge is 0.254 e. The van der Waals surface area contributed by atoms with Crippen LogP contribution in [0.5, 0.6) is 0 Å². The Hall–Kier alpha value is -2.30. The van der Waals surface area contributed by atoms with Crippen molar-refractivity contribution >= 4 is 11.6 Å². The summed E-state index contributed by atoms with van der Waals surface area (Å²) in [5, 5.41) is 3.92. The Morgan fingerprint density at radius 1 is 1.38 bits per heavy atom. The van der Waals surface area contributed by atoms with Crippen LogP contribution >= 0.6 is 0 Å². The Morgan fingerprint density at radius 3 is 2.86 bits per heavy atom. The van der Waals surface area contributed by atoms with Crippen LogP contribution in [0.15, 0.2) is 28.8 Å². The Kier molecular flexibility index (Phi) is 3.41. The van der Waals surface area contributed by atoms with Crippen molar-refractivity contribution in [1.29, 1.82) is 0 Å². The Morgan fingerprint density at radius 2 is 2.19 bits per heavy atom. The van der Waals surface area contributed by atoms with E-state index in [0.29, 0.717) is 11.3 Å². The Bertz CT molecular complexity index is 678. The molecule has 2 aromatic rings. The second-order valence-electron chi connectivity index (χ2n) is 5.60. The molecule has 1 aromatic heterocycles. The molecule has 0 saturated carbocycles. The van der Waals surface area contributed by atoms with Crippen molar-refractivity contribution in [2.75, 3.05) is 12.3 Å². The zero-order valence-corrected chi connectivity index (χ0v) is 12.3. The summed E-state index contributed by atoms with van der Waals surface area (Å²) in [7, 11) is 0. The maximum Gasteiger partial charge on any atom is 0.254 e. The molecule has 3 rings (SSSR count). The number of benzene rings is 1. The molecule has 2 heterocycles. The van der Waals surface area contributed by atoms with E-state index in [-0.39, 0.29) is 11.9 Å². The Balaban J connectivity index is 1.87. The third-order valence-corrected chi connectivity index (χ3v) is 4.01. The first kappa shape index (κ1) is 13.7. The average Bonchev–Trinajstić information content (AvgIpc) is 3.09. The summed E-state index contributed by atoms with van der Waals surface area (Å²) in [6, 6.07) is 7.33. The van der Waals surface area contributed by atoms with Crippen molar-refractivity contribution in [3.05, 3.63) is 46.8 Å². The first-order valence-electron chi connectivity index (χ1n) is 7.16. The Labute approximate surface area is 123 Å². The van der Waals surface area contributed by atoms with Crippen LogP contribution in [0.3, 0.4) is 0 Å². The van der Waals surface area contributed by atoms with Gasteiger partial charge in [0.1, 0.15) is 0 Å². The molecule has 1 amide bonds. The van der Waals surface area contributed by atoms with Gasteiger partial charge in [0.25, 0.3) is 5.91 Å². The van der Waals surface area contributed by atoms with Gasteiger partial charge in [-0.1, -0.05) is 11.2 Å². The van der Waals surface area contributed by atoms with Gasteiger partial charge in [-0.3, -0.25) is 4.79 Å². The molecular weight excluding hydrogens is 266 g/mol. The fourth-order valence-corrected chi connectivity index (χ4v) is 2.79. The second-order valence-corrected chi connectivity index (χ2v) is 5.60. The van der Waals surface area contributed by atoms with E-state index in [1.807, 2.05) is 36.9 Å². The molecule has 5 nitrogen and oxygen atoms in total. The zero-order valence-electron chi connectivity index (χ0n) is 12.3. The lowest BCUT2D eigenvalue weighted by Crippen LogP contribution is -2.30. The van der Waals surface area contributed by atoms with Gasteiger partial charge in [-0.25, -0.2) is 0 Å². The van der Waals surface area contributed by atoms with Gasteiger partial charge >= 0.3 is 0 Å². The van der Waals surface area contributed by atoms with Gasteiger partial charge in [-0.05, 0) is 44.4 Å². The highest BCUT2D eigenvalue weighted by Gasteiger charge is 2.33. The first-order chi connectivity index (χ1) is 10.1. The molecule has 5 heteroatoms. The lowest BCUT2D eigenvalue weighted by atomic mass is 10.1. The van der Waals surface area contributed by atoms with E-state index in [2.05, 4.69) is 5.16 Å². The number of carbonyl (C=O) groups is 1. The summed E-state index contributed by atoms with van der Waals surface area (Å²) >= 11 is 0. The molecule has 1 unspecified atom stereocenters. The summed E-state index contributed by atoms with van der Waals surface area (Å²) in [4.78, 5) is 14.6. The molecule has 1 atom stereocenters. The summed E-state index contributed by atoms with van der Waals surface area (Å²) in [6.45, 7) is 4.55. The number of nitrogens with two attached hydrogens (primary N) is 1. The third-order valence-electron chi connectivity index (χ3n) is 4.01. The fourth-order valence-electron chi connectivity index (χ4n) is 2.79. The number of nitrogens with zero attached hydrogens (tertiary/aromatic N) is 2. The van der Waals surface area contributed by atoms with Gasteiger partial charge in [-0.2, -0.15) is 0 Å². The van der Waals surface area contributed by atoms with Gasteiger partial charge < -0.3 is 15.2 Å². The molecule has 0 spiro atoms. The number of likely N-dealkylation sites (tertiary alicyclic amines) is 1. The lowest BCUT2D eigenvalue weighted by Gasteiger charge is -2.23. The van der Waals surface area contributed by atoms with Crippen molar-refractivity contribution in [3.8, 4) is 0 Å². The maximum absolute atomic E-state index is 12.7. The van der Waals surface area contributed by atoms with E-state index in [0.717, 1.165) is 36.4 Å². The van der Waals surface area contributed by atoms with Crippen LogP contribution in [0.2, 0.25) is 0 Å². The summed E-state index contributed by atoms with van der Waals surface area (Å²) in [6.07, 6.45) is 1.87. The van der Waals surface area contributed by atoms with Crippen molar-refractivity contribution < 1.29 is 9.32 Å².